The molecule has 4 heterocycles. The van der Waals surface area contributed by atoms with Crippen molar-refractivity contribution in [2.24, 2.45) is 0 Å². The summed E-state index contributed by atoms with van der Waals surface area (Å²) in [4.78, 5) is 31.7. The molecular formula is C25H34N4O3. The number of rotatable bonds is 4. The molecule has 0 saturated carbocycles. The molecule has 4 rings (SSSR count). The number of nitrogens with one attached hydrogen (secondary N) is 1. The third kappa shape index (κ3) is 4.06. The maximum absolute atomic E-state index is 13.2. The molecule has 7 heteroatoms. The van der Waals surface area contributed by atoms with Crippen LogP contribution in [0, 0.1) is 6.92 Å². The summed E-state index contributed by atoms with van der Waals surface area (Å²) in [5, 5.41) is 3.85. The third-order valence-corrected chi connectivity index (χ3v) is 6.49. The lowest BCUT2D eigenvalue weighted by Crippen LogP contribution is -2.63. The lowest BCUT2D eigenvalue weighted by molar-refractivity contribution is 0.0514. The number of fused-ring (bicyclic) bond motifs is 2. The van der Waals surface area contributed by atoms with Gasteiger partial charge in [-0.1, -0.05) is 0 Å². The van der Waals surface area contributed by atoms with E-state index < -0.39 is 0 Å². The zero-order valence-electron chi connectivity index (χ0n) is 20.0. The van der Waals surface area contributed by atoms with Gasteiger partial charge in [0.1, 0.15) is 11.4 Å². The van der Waals surface area contributed by atoms with Gasteiger partial charge in [0, 0.05) is 37.8 Å². The maximum Gasteiger partial charge on any atom is 0.272 e. The predicted octanol–water partition coefficient (Wildman–Crippen LogP) is 3.69. The number of likely N-dealkylation sites (tertiary alicyclic amines) is 1. The van der Waals surface area contributed by atoms with Crippen molar-refractivity contribution >= 4 is 11.7 Å². The van der Waals surface area contributed by atoms with E-state index in [-0.39, 0.29) is 28.9 Å². The molecule has 2 aliphatic rings. The normalized spacial score (nSPS) is 19.2. The summed E-state index contributed by atoms with van der Waals surface area (Å²) in [5.74, 6) is 0.752. The van der Waals surface area contributed by atoms with Gasteiger partial charge in [-0.15, -0.1) is 0 Å². The smallest absolute Gasteiger partial charge is 0.272 e. The highest BCUT2D eigenvalue weighted by Gasteiger charge is 2.46. The molecule has 2 aliphatic heterocycles. The number of Topliss-reactive ketones (excluding diaryl/α,β-unsaturated/α-hetero) is 1. The molecule has 0 unspecified atom stereocenters. The molecule has 2 aromatic heterocycles. The second kappa shape index (κ2) is 8.03. The molecule has 1 amide bonds. The maximum atomic E-state index is 13.2. The van der Waals surface area contributed by atoms with Gasteiger partial charge in [-0.3, -0.25) is 14.9 Å². The molecule has 0 aromatic carbocycles. The molecule has 172 valence electrons. The first-order chi connectivity index (χ1) is 15.0. The second-order valence-electron chi connectivity index (χ2n) is 10.1. The largest absolute Gasteiger partial charge is 0.489 e. The first-order valence-electron chi connectivity index (χ1n) is 11.5. The summed E-state index contributed by atoms with van der Waals surface area (Å²) in [7, 11) is 0. The number of piperidine rings is 1. The van der Waals surface area contributed by atoms with Gasteiger partial charge < -0.3 is 14.2 Å². The number of ether oxygens (including phenoxy) is 1. The molecule has 0 bridgehead atoms. The minimum atomic E-state index is -0.245. The SMILES string of the molecule is CC(=O)c1ccc2n1CC(C)(C)NC21CCN(C(=O)c2ccc(OC(C)C)c(C)n2)CC1. The van der Waals surface area contributed by atoms with Crippen molar-refractivity contribution < 1.29 is 14.3 Å². The fraction of sp³-hybridized carbons (Fsp3) is 0.560. The van der Waals surface area contributed by atoms with E-state index in [1.807, 2.05) is 37.8 Å². The molecule has 2 aromatic rings. The monoisotopic (exact) mass is 438 g/mol. The van der Waals surface area contributed by atoms with Gasteiger partial charge in [0.2, 0.25) is 0 Å². The molecule has 32 heavy (non-hydrogen) atoms. The summed E-state index contributed by atoms with van der Waals surface area (Å²) >= 11 is 0. The van der Waals surface area contributed by atoms with Gasteiger partial charge in [-0.05, 0) is 71.7 Å². The van der Waals surface area contributed by atoms with Crippen molar-refractivity contribution in [1.29, 1.82) is 0 Å². The van der Waals surface area contributed by atoms with Crippen LogP contribution in [0.25, 0.3) is 0 Å². The van der Waals surface area contributed by atoms with Gasteiger partial charge in [0.15, 0.2) is 5.78 Å². The fourth-order valence-corrected chi connectivity index (χ4v) is 5.19. The average Bonchev–Trinajstić information content (AvgIpc) is 3.13. The number of hydrogen-bond donors (Lipinski definition) is 1. The van der Waals surface area contributed by atoms with Gasteiger partial charge in [-0.25, -0.2) is 4.98 Å². The van der Waals surface area contributed by atoms with E-state index in [2.05, 4.69) is 34.8 Å². The Kier molecular flexibility index (Phi) is 5.65. The Labute approximate surface area is 190 Å². The minimum absolute atomic E-state index is 0.0473. The molecule has 0 radical (unpaired) electrons. The van der Waals surface area contributed by atoms with Crippen LogP contribution >= 0.6 is 0 Å². The van der Waals surface area contributed by atoms with E-state index in [0.29, 0.717) is 24.5 Å². The minimum Gasteiger partial charge on any atom is -0.489 e. The number of aryl methyl sites for hydroxylation is 1. The topological polar surface area (TPSA) is 76.5 Å². The van der Waals surface area contributed by atoms with Crippen LogP contribution in [0.2, 0.25) is 0 Å². The number of aromatic nitrogens is 2. The number of ketones is 1. The van der Waals surface area contributed by atoms with Crippen molar-refractivity contribution in [2.75, 3.05) is 13.1 Å². The fourth-order valence-electron chi connectivity index (χ4n) is 5.19. The van der Waals surface area contributed by atoms with Crippen molar-refractivity contribution in [3.05, 3.63) is 47.0 Å². The van der Waals surface area contributed by atoms with E-state index in [9.17, 15) is 9.59 Å². The Morgan fingerprint density at radius 2 is 1.81 bits per heavy atom. The lowest BCUT2D eigenvalue weighted by atomic mass is 9.79. The molecule has 0 atom stereocenters. The van der Waals surface area contributed by atoms with Crippen molar-refractivity contribution in [1.82, 2.24) is 19.8 Å². The van der Waals surface area contributed by atoms with E-state index in [0.717, 1.165) is 36.5 Å². The summed E-state index contributed by atoms with van der Waals surface area (Å²) in [6.45, 7) is 13.8. The first-order valence-corrected chi connectivity index (χ1v) is 11.5. The van der Waals surface area contributed by atoms with Crippen molar-refractivity contribution in [2.45, 2.75) is 78.1 Å². The summed E-state index contributed by atoms with van der Waals surface area (Å²) in [5.41, 5.74) is 2.70. The number of pyridine rings is 1. The molecule has 1 fully saturated rings. The Balaban J connectivity index is 1.54. The number of nitrogens with zero attached hydrogens (tertiary/aromatic N) is 3. The van der Waals surface area contributed by atoms with E-state index >= 15 is 0 Å². The van der Waals surface area contributed by atoms with Crippen LogP contribution in [-0.4, -0.2) is 50.9 Å². The van der Waals surface area contributed by atoms with Crippen LogP contribution in [0.5, 0.6) is 5.75 Å². The zero-order valence-corrected chi connectivity index (χ0v) is 20.0. The van der Waals surface area contributed by atoms with Gasteiger partial charge in [0.25, 0.3) is 5.91 Å². The van der Waals surface area contributed by atoms with Crippen LogP contribution < -0.4 is 10.1 Å². The van der Waals surface area contributed by atoms with Crippen LogP contribution in [0.4, 0.5) is 0 Å². The van der Waals surface area contributed by atoms with Crippen LogP contribution in [0.3, 0.4) is 0 Å². The highest BCUT2D eigenvalue weighted by Crippen LogP contribution is 2.40. The van der Waals surface area contributed by atoms with Gasteiger partial charge >= 0.3 is 0 Å². The third-order valence-electron chi connectivity index (χ3n) is 6.49. The number of carbonyl (C=O) groups is 2. The van der Waals surface area contributed by atoms with Crippen molar-refractivity contribution in [3.63, 3.8) is 0 Å². The highest BCUT2D eigenvalue weighted by atomic mass is 16.5. The first kappa shape index (κ1) is 22.5. The number of amides is 1. The summed E-state index contributed by atoms with van der Waals surface area (Å²) < 4.78 is 7.93. The molecule has 0 aliphatic carbocycles. The highest BCUT2D eigenvalue weighted by molar-refractivity contribution is 5.93. The second-order valence-corrected chi connectivity index (χ2v) is 10.1. The predicted molar refractivity (Wildman–Crippen MR) is 123 cm³/mol. The van der Waals surface area contributed by atoms with Crippen LogP contribution in [0.1, 0.15) is 79.8 Å². The van der Waals surface area contributed by atoms with Gasteiger partial charge in [-0.2, -0.15) is 0 Å². The summed E-state index contributed by atoms with van der Waals surface area (Å²) in [6, 6.07) is 7.61. The summed E-state index contributed by atoms with van der Waals surface area (Å²) in [6.07, 6.45) is 1.64. The zero-order chi connectivity index (χ0) is 23.3. The standard InChI is InChI=1S/C25H34N4O3/c1-16(2)32-21-9-7-19(26-17(21)3)23(31)28-13-11-25(12-14-28)22-10-8-20(18(4)30)29(22)15-24(5,6)27-25/h7-10,16,27H,11-15H2,1-6H3. The van der Waals surface area contributed by atoms with E-state index in [1.54, 1.807) is 13.0 Å². The molecule has 1 spiro atoms. The van der Waals surface area contributed by atoms with Crippen molar-refractivity contribution in [3.8, 4) is 5.75 Å². The Bertz CT molecular complexity index is 1050. The molecule has 1 saturated heterocycles. The molecule has 1 N–H and O–H groups in total. The van der Waals surface area contributed by atoms with E-state index in [4.69, 9.17) is 4.74 Å². The Morgan fingerprint density at radius 1 is 1.12 bits per heavy atom. The molecular weight excluding hydrogens is 404 g/mol. The quantitative estimate of drug-likeness (QED) is 0.737. The van der Waals surface area contributed by atoms with Gasteiger partial charge in [0.05, 0.1) is 23.0 Å². The van der Waals surface area contributed by atoms with E-state index in [1.165, 1.54) is 0 Å². The lowest BCUT2D eigenvalue weighted by Gasteiger charge is -2.51. The Morgan fingerprint density at radius 3 is 2.41 bits per heavy atom. The number of hydrogen-bond acceptors (Lipinski definition) is 5. The Hall–Kier alpha value is -2.67. The average molecular weight is 439 g/mol. The number of carbonyl (C=O) groups excluding carboxylic acids is 2. The molecule has 7 nitrogen and oxygen atoms in total. The van der Waals surface area contributed by atoms with Crippen LogP contribution in [-0.2, 0) is 12.1 Å². The van der Waals surface area contributed by atoms with Crippen LogP contribution in [0.15, 0.2) is 24.3 Å².